The summed E-state index contributed by atoms with van der Waals surface area (Å²) in [6.07, 6.45) is 7.40. The molecule has 1 heterocycles. The average molecular weight is 207 g/mol. The van der Waals surface area contributed by atoms with Gasteiger partial charge in [0.05, 0.1) is 6.26 Å². The van der Waals surface area contributed by atoms with E-state index in [9.17, 15) is 0 Å². The summed E-state index contributed by atoms with van der Waals surface area (Å²) in [5, 5.41) is 3.54. The summed E-state index contributed by atoms with van der Waals surface area (Å²) in [5.41, 5.74) is 1.31. The third-order valence-electron chi connectivity index (χ3n) is 3.16. The van der Waals surface area contributed by atoms with Gasteiger partial charge in [0.2, 0.25) is 0 Å². The summed E-state index contributed by atoms with van der Waals surface area (Å²) < 4.78 is 5.37. The molecule has 0 amide bonds. The van der Waals surface area contributed by atoms with Crippen molar-refractivity contribution in [3.63, 3.8) is 0 Å². The van der Waals surface area contributed by atoms with Crippen LogP contribution in [-0.4, -0.2) is 6.54 Å². The van der Waals surface area contributed by atoms with Gasteiger partial charge in [-0.2, -0.15) is 0 Å². The van der Waals surface area contributed by atoms with Crippen LogP contribution in [0.2, 0.25) is 0 Å². The van der Waals surface area contributed by atoms with Crippen LogP contribution in [0.3, 0.4) is 0 Å². The molecule has 1 aliphatic carbocycles. The molecular formula is C13H21NO. The Kier molecular flexibility index (Phi) is 3.47. The van der Waals surface area contributed by atoms with Crippen molar-refractivity contribution >= 4 is 0 Å². The zero-order valence-electron chi connectivity index (χ0n) is 9.75. The van der Waals surface area contributed by atoms with Crippen LogP contribution < -0.4 is 5.32 Å². The van der Waals surface area contributed by atoms with Crippen molar-refractivity contribution in [2.45, 2.75) is 45.6 Å². The lowest BCUT2D eigenvalue weighted by Gasteiger charge is -2.15. The SMILES string of the molecule is CCNC(CCC1CC1)c1coc(C)c1. The molecule has 1 fully saturated rings. The molecule has 15 heavy (non-hydrogen) atoms. The molecule has 0 spiro atoms. The van der Waals surface area contributed by atoms with Crippen molar-refractivity contribution in [3.05, 3.63) is 23.7 Å². The molecule has 1 aromatic heterocycles. The Morgan fingerprint density at radius 1 is 1.53 bits per heavy atom. The Labute approximate surface area is 92.1 Å². The number of aryl methyl sites for hydroxylation is 1. The monoisotopic (exact) mass is 207 g/mol. The summed E-state index contributed by atoms with van der Waals surface area (Å²) in [6, 6.07) is 2.65. The van der Waals surface area contributed by atoms with E-state index in [1.165, 1.54) is 31.2 Å². The van der Waals surface area contributed by atoms with Crippen LogP contribution in [0, 0.1) is 12.8 Å². The van der Waals surface area contributed by atoms with Gasteiger partial charge in [-0.05, 0) is 38.3 Å². The lowest BCUT2D eigenvalue weighted by atomic mass is 10.0. The molecule has 1 atom stereocenters. The molecule has 2 rings (SSSR count). The molecular weight excluding hydrogens is 186 g/mol. The summed E-state index contributed by atoms with van der Waals surface area (Å²) in [5.74, 6) is 2.03. The van der Waals surface area contributed by atoms with E-state index in [-0.39, 0.29) is 0 Å². The zero-order valence-corrected chi connectivity index (χ0v) is 9.75. The van der Waals surface area contributed by atoms with Gasteiger partial charge >= 0.3 is 0 Å². The van der Waals surface area contributed by atoms with Crippen molar-refractivity contribution in [1.82, 2.24) is 5.32 Å². The van der Waals surface area contributed by atoms with E-state index in [1.54, 1.807) is 0 Å². The third kappa shape index (κ3) is 3.10. The van der Waals surface area contributed by atoms with E-state index in [1.807, 2.05) is 13.2 Å². The van der Waals surface area contributed by atoms with Crippen molar-refractivity contribution in [3.8, 4) is 0 Å². The molecule has 2 heteroatoms. The summed E-state index contributed by atoms with van der Waals surface area (Å²) in [4.78, 5) is 0. The van der Waals surface area contributed by atoms with Gasteiger partial charge in [-0.25, -0.2) is 0 Å². The first kappa shape index (κ1) is 10.7. The van der Waals surface area contributed by atoms with Crippen molar-refractivity contribution < 1.29 is 4.42 Å². The second-order valence-electron chi connectivity index (χ2n) is 4.62. The fraction of sp³-hybridized carbons (Fsp3) is 0.692. The Morgan fingerprint density at radius 2 is 2.33 bits per heavy atom. The summed E-state index contributed by atoms with van der Waals surface area (Å²) in [7, 11) is 0. The molecule has 0 aromatic carbocycles. The minimum Gasteiger partial charge on any atom is -0.469 e. The average Bonchev–Trinajstić information content (AvgIpc) is 2.95. The Balaban J connectivity index is 1.91. The maximum absolute atomic E-state index is 5.37. The minimum absolute atomic E-state index is 0.494. The quantitative estimate of drug-likeness (QED) is 0.773. The second kappa shape index (κ2) is 4.84. The van der Waals surface area contributed by atoms with Gasteiger partial charge in [0.25, 0.3) is 0 Å². The van der Waals surface area contributed by atoms with Crippen molar-refractivity contribution in [2.24, 2.45) is 5.92 Å². The van der Waals surface area contributed by atoms with E-state index in [4.69, 9.17) is 4.42 Å². The standard InChI is InChI=1S/C13H21NO/c1-3-14-13(7-6-11-4-5-11)12-8-10(2)15-9-12/h8-9,11,13-14H,3-7H2,1-2H3. The second-order valence-corrected chi connectivity index (χ2v) is 4.62. The van der Waals surface area contributed by atoms with Crippen LogP contribution in [0.25, 0.3) is 0 Å². The summed E-state index contributed by atoms with van der Waals surface area (Å²) >= 11 is 0. The summed E-state index contributed by atoms with van der Waals surface area (Å²) in [6.45, 7) is 5.20. The van der Waals surface area contributed by atoms with Gasteiger partial charge in [0.1, 0.15) is 5.76 Å². The van der Waals surface area contributed by atoms with Crippen LogP contribution in [0.5, 0.6) is 0 Å². The Morgan fingerprint density at radius 3 is 2.87 bits per heavy atom. The van der Waals surface area contributed by atoms with E-state index in [2.05, 4.69) is 18.3 Å². The van der Waals surface area contributed by atoms with Crippen LogP contribution in [0.15, 0.2) is 16.7 Å². The molecule has 0 aliphatic heterocycles. The van der Waals surface area contributed by atoms with E-state index >= 15 is 0 Å². The predicted octanol–water partition coefficient (Wildman–Crippen LogP) is 3.43. The fourth-order valence-corrected chi connectivity index (χ4v) is 2.09. The number of furan rings is 1. The van der Waals surface area contributed by atoms with Crippen LogP contribution >= 0.6 is 0 Å². The van der Waals surface area contributed by atoms with Gasteiger partial charge in [-0.15, -0.1) is 0 Å². The zero-order chi connectivity index (χ0) is 10.7. The highest BCUT2D eigenvalue weighted by atomic mass is 16.3. The van der Waals surface area contributed by atoms with Crippen molar-refractivity contribution in [1.29, 1.82) is 0 Å². The predicted molar refractivity (Wildman–Crippen MR) is 61.8 cm³/mol. The lowest BCUT2D eigenvalue weighted by molar-refractivity contribution is 0.471. The highest BCUT2D eigenvalue weighted by Crippen LogP contribution is 2.36. The third-order valence-corrected chi connectivity index (χ3v) is 3.16. The molecule has 0 radical (unpaired) electrons. The van der Waals surface area contributed by atoms with Crippen LogP contribution in [0.4, 0.5) is 0 Å². The Hall–Kier alpha value is -0.760. The first-order valence-corrected chi connectivity index (χ1v) is 6.08. The maximum atomic E-state index is 5.37. The molecule has 84 valence electrons. The van der Waals surface area contributed by atoms with Crippen LogP contribution in [0.1, 0.15) is 50.0 Å². The highest BCUT2D eigenvalue weighted by molar-refractivity contribution is 5.16. The van der Waals surface area contributed by atoms with Gasteiger partial charge < -0.3 is 9.73 Å². The largest absolute Gasteiger partial charge is 0.469 e. The molecule has 1 unspecified atom stereocenters. The van der Waals surface area contributed by atoms with Gasteiger partial charge in [-0.1, -0.05) is 19.8 Å². The van der Waals surface area contributed by atoms with E-state index < -0.39 is 0 Å². The lowest BCUT2D eigenvalue weighted by Crippen LogP contribution is -2.20. The molecule has 1 aromatic rings. The van der Waals surface area contributed by atoms with Crippen molar-refractivity contribution in [2.75, 3.05) is 6.54 Å². The molecule has 0 bridgehead atoms. The topological polar surface area (TPSA) is 25.2 Å². The first-order valence-electron chi connectivity index (χ1n) is 6.08. The minimum atomic E-state index is 0.494. The normalized spacial score (nSPS) is 18.0. The molecule has 1 aliphatic rings. The smallest absolute Gasteiger partial charge is 0.101 e. The number of hydrogen-bond donors (Lipinski definition) is 1. The number of hydrogen-bond acceptors (Lipinski definition) is 2. The molecule has 1 N–H and O–H groups in total. The van der Waals surface area contributed by atoms with Gasteiger partial charge in [-0.3, -0.25) is 0 Å². The molecule has 2 nitrogen and oxygen atoms in total. The maximum Gasteiger partial charge on any atom is 0.101 e. The van der Waals surface area contributed by atoms with E-state index in [0.29, 0.717) is 6.04 Å². The first-order chi connectivity index (χ1) is 7.29. The van der Waals surface area contributed by atoms with Gasteiger partial charge in [0.15, 0.2) is 0 Å². The van der Waals surface area contributed by atoms with E-state index in [0.717, 1.165) is 18.2 Å². The number of rotatable bonds is 6. The van der Waals surface area contributed by atoms with Crippen LogP contribution in [-0.2, 0) is 0 Å². The molecule has 1 saturated carbocycles. The number of nitrogens with one attached hydrogen (secondary N) is 1. The van der Waals surface area contributed by atoms with Gasteiger partial charge in [0, 0.05) is 11.6 Å². The Bertz CT molecular complexity index is 301. The fourth-order valence-electron chi connectivity index (χ4n) is 2.09. The molecule has 0 saturated heterocycles. The highest BCUT2D eigenvalue weighted by Gasteiger charge is 2.23.